The number of fused-ring (bicyclic) bond motifs is 1. The molecular formula is C17H21NO4S. The van der Waals surface area contributed by atoms with Crippen LogP contribution < -0.4 is 4.74 Å². The molecule has 2 atom stereocenters. The first-order valence-corrected chi connectivity index (χ1v) is 9.07. The van der Waals surface area contributed by atoms with Gasteiger partial charge in [0.25, 0.3) is 0 Å². The molecule has 0 bridgehead atoms. The van der Waals surface area contributed by atoms with Crippen LogP contribution in [-0.4, -0.2) is 45.1 Å². The molecule has 5 nitrogen and oxygen atoms in total. The molecule has 2 aromatic rings. The molecule has 0 aromatic heterocycles. The predicted molar refractivity (Wildman–Crippen MR) is 89.3 cm³/mol. The lowest BCUT2D eigenvalue weighted by molar-refractivity contribution is -0.0440. The zero-order valence-corrected chi connectivity index (χ0v) is 14.3. The van der Waals surface area contributed by atoms with E-state index in [2.05, 4.69) is 0 Å². The van der Waals surface area contributed by atoms with Gasteiger partial charge in [0.2, 0.25) is 10.0 Å². The monoisotopic (exact) mass is 335 g/mol. The Labute approximate surface area is 136 Å². The molecule has 1 fully saturated rings. The van der Waals surface area contributed by atoms with Crippen LogP contribution in [0.3, 0.4) is 0 Å². The van der Waals surface area contributed by atoms with E-state index in [9.17, 15) is 8.42 Å². The van der Waals surface area contributed by atoms with Crippen LogP contribution in [0.25, 0.3) is 10.8 Å². The van der Waals surface area contributed by atoms with Gasteiger partial charge in [-0.3, -0.25) is 0 Å². The Morgan fingerprint density at radius 3 is 2.30 bits per heavy atom. The van der Waals surface area contributed by atoms with Crippen LogP contribution in [0.1, 0.15) is 13.8 Å². The summed E-state index contributed by atoms with van der Waals surface area (Å²) in [6.45, 7) is 4.55. The molecule has 3 rings (SSSR count). The fraction of sp³-hybridized carbons (Fsp3) is 0.412. The third kappa shape index (κ3) is 3.20. The third-order valence-corrected chi connectivity index (χ3v) is 5.87. The van der Waals surface area contributed by atoms with E-state index >= 15 is 0 Å². The van der Waals surface area contributed by atoms with E-state index in [1.54, 1.807) is 19.2 Å². The van der Waals surface area contributed by atoms with Crippen LogP contribution in [0.15, 0.2) is 41.3 Å². The lowest BCUT2D eigenvalue weighted by atomic mass is 10.1. The summed E-state index contributed by atoms with van der Waals surface area (Å²) in [5.41, 5.74) is 0. The predicted octanol–water partition coefficient (Wildman–Crippen LogP) is 2.65. The molecule has 1 aliphatic heterocycles. The van der Waals surface area contributed by atoms with Crippen molar-refractivity contribution in [2.75, 3.05) is 20.2 Å². The van der Waals surface area contributed by atoms with E-state index in [-0.39, 0.29) is 12.2 Å². The van der Waals surface area contributed by atoms with Crippen molar-refractivity contribution < 1.29 is 17.9 Å². The molecule has 2 aromatic carbocycles. The zero-order valence-electron chi connectivity index (χ0n) is 13.5. The highest BCUT2D eigenvalue weighted by Gasteiger charge is 2.32. The SMILES string of the molecule is COc1ccc2cc(S(=O)(=O)N3CC(C)OC(C)C3)ccc2c1. The smallest absolute Gasteiger partial charge is 0.243 e. The van der Waals surface area contributed by atoms with Crippen LogP contribution in [0.2, 0.25) is 0 Å². The van der Waals surface area contributed by atoms with Crippen LogP contribution in [0.4, 0.5) is 0 Å². The Kier molecular flexibility index (Phi) is 4.31. The minimum atomic E-state index is -3.51. The van der Waals surface area contributed by atoms with E-state index < -0.39 is 10.0 Å². The number of nitrogens with zero attached hydrogens (tertiary/aromatic N) is 1. The zero-order chi connectivity index (χ0) is 16.6. The molecule has 0 radical (unpaired) electrons. The van der Waals surface area contributed by atoms with Crippen LogP contribution in [-0.2, 0) is 14.8 Å². The van der Waals surface area contributed by atoms with Crippen molar-refractivity contribution in [3.8, 4) is 5.75 Å². The molecule has 1 heterocycles. The number of hydrogen-bond acceptors (Lipinski definition) is 4. The van der Waals surface area contributed by atoms with Crippen molar-refractivity contribution in [3.63, 3.8) is 0 Å². The van der Waals surface area contributed by atoms with E-state index in [4.69, 9.17) is 9.47 Å². The fourth-order valence-electron chi connectivity index (χ4n) is 2.97. The van der Waals surface area contributed by atoms with E-state index in [0.717, 1.165) is 16.5 Å². The van der Waals surface area contributed by atoms with Crippen molar-refractivity contribution in [2.45, 2.75) is 31.0 Å². The Balaban J connectivity index is 1.98. The van der Waals surface area contributed by atoms with Gasteiger partial charge < -0.3 is 9.47 Å². The molecule has 0 aliphatic carbocycles. The number of sulfonamides is 1. The average molecular weight is 335 g/mol. The standard InChI is InChI=1S/C17H21NO4S/c1-12-10-18(11-13(2)22-12)23(19,20)17-7-5-14-8-16(21-3)6-4-15(14)9-17/h4-9,12-13H,10-11H2,1-3H3. The lowest BCUT2D eigenvalue weighted by Gasteiger charge is -2.34. The van der Waals surface area contributed by atoms with Crippen molar-refractivity contribution in [1.29, 1.82) is 0 Å². The second-order valence-electron chi connectivity index (χ2n) is 5.95. The Hall–Kier alpha value is -1.63. The quantitative estimate of drug-likeness (QED) is 0.865. The van der Waals surface area contributed by atoms with Gasteiger partial charge >= 0.3 is 0 Å². The highest BCUT2D eigenvalue weighted by Crippen LogP contribution is 2.26. The Morgan fingerprint density at radius 1 is 1.04 bits per heavy atom. The van der Waals surface area contributed by atoms with Gasteiger partial charge in [-0.05, 0) is 48.9 Å². The molecule has 1 aliphatic rings. The number of rotatable bonds is 3. The van der Waals surface area contributed by atoms with Crippen LogP contribution >= 0.6 is 0 Å². The molecule has 0 saturated carbocycles. The Morgan fingerprint density at radius 2 is 1.65 bits per heavy atom. The molecule has 124 valence electrons. The van der Waals surface area contributed by atoms with Gasteiger partial charge in [-0.15, -0.1) is 0 Å². The van der Waals surface area contributed by atoms with Crippen LogP contribution in [0, 0.1) is 0 Å². The Bertz CT molecular complexity index is 808. The number of methoxy groups -OCH3 is 1. The molecule has 0 spiro atoms. The second kappa shape index (κ2) is 6.11. The molecule has 6 heteroatoms. The molecule has 0 N–H and O–H groups in total. The summed E-state index contributed by atoms with van der Waals surface area (Å²) in [5, 5.41) is 1.83. The van der Waals surface area contributed by atoms with E-state index in [0.29, 0.717) is 18.0 Å². The fourth-order valence-corrected chi connectivity index (χ4v) is 4.59. The molecule has 0 amide bonds. The molecule has 1 saturated heterocycles. The number of ether oxygens (including phenoxy) is 2. The summed E-state index contributed by atoms with van der Waals surface area (Å²) in [7, 11) is -1.90. The van der Waals surface area contributed by atoms with Crippen LogP contribution in [0.5, 0.6) is 5.75 Å². The number of hydrogen-bond donors (Lipinski definition) is 0. The average Bonchev–Trinajstić information content (AvgIpc) is 2.52. The first-order chi connectivity index (χ1) is 10.9. The summed E-state index contributed by atoms with van der Waals surface area (Å²) < 4.78 is 38.1. The summed E-state index contributed by atoms with van der Waals surface area (Å²) in [6, 6.07) is 10.8. The van der Waals surface area contributed by atoms with Gasteiger partial charge in [-0.25, -0.2) is 8.42 Å². The molecular weight excluding hydrogens is 314 g/mol. The van der Waals surface area contributed by atoms with Crippen molar-refractivity contribution in [1.82, 2.24) is 4.31 Å². The van der Waals surface area contributed by atoms with Crippen molar-refractivity contribution in [3.05, 3.63) is 36.4 Å². The number of benzene rings is 2. The molecule has 2 unspecified atom stereocenters. The maximum atomic E-state index is 12.9. The second-order valence-corrected chi connectivity index (χ2v) is 7.89. The van der Waals surface area contributed by atoms with Gasteiger partial charge in [-0.2, -0.15) is 4.31 Å². The van der Waals surface area contributed by atoms with Crippen molar-refractivity contribution in [2.24, 2.45) is 0 Å². The van der Waals surface area contributed by atoms with E-state index in [1.807, 2.05) is 38.1 Å². The highest BCUT2D eigenvalue weighted by atomic mass is 32.2. The van der Waals surface area contributed by atoms with Gasteiger partial charge in [0.05, 0.1) is 24.2 Å². The minimum absolute atomic E-state index is 0.0988. The van der Waals surface area contributed by atoms with E-state index in [1.165, 1.54) is 4.31 Å². The highest BCUT2D eigenvalue weighted by molar-refractivity contribution is 7.89. The van der Waals surface area contributed by atoms with Gasteiger partial charge in [0.1, 0.15) is 5.75 Å². The van der Waals surface area contributed by atoms with Gasteiger partial charge in [0, 0.05) is 13.1 Å². The minimum Gasteiger partial charge on any atom is -0.497 e. The first-order valence-electron chi connectivity index (χ1n) is 7.63. The summed E-state index contributed by atoms with van der Waals surface area (Å²) in [6.07, 6.45) is -0.198. The summed E-state index contributed by atoms with van der Waals surface area (Å²) in [4.78, 5) is 0.316. The van der Waals surface area contributed by atoms with Crippen molar-refractivity contribution >= 4 is 20.8 Å². The number of morpholine rings is 1. The summed E-state index contributed by atoms with van der Waals surface area (Å²) >= 11 is 0. The maximum absolute atomic E-state index is 12.9. The molecule has 23 heavy (non-hydrogen) atoms. The topological polar surface area (TPSA) is 55.8 Å². The summed E-state index contributed by atoms with van der Waals surface area (Å²) in [5.74, 6) is 0.754. The normalized spacial score (nSPS) is 23.1. The maximum Gasteiger partial charge on any atom is 0.243 e. The van der Waals surface area contributed by atoms with Gasteiger partial charge in [0.15, 0.2) is 0 Å². The largest absolute Gasteiger partial charge is 0.497 e. The first kappa shape index (κ1) is 16.2. The van der Waals surface area contributed by atoms with Gasteiger partial charge in [-0.1, -0.05) is 12.1 Å². The lowest BCUT2D eigenvalue weighted by Crippen LogP contribution is -2.48. The third-order valence-electron chi connectivity index (χ3n) is 4.04.